The first-order chi connectivity index (χ1) is 12.5. The summed E-state index contributed by atoms with van der Waals surface area (Å²) in [7, 11) is 0. The first kappa shape index (κ1) is 18.1. The second-order valence-corrected chi connectivity index (χ2v) is 6.44. The zero-order valence-electron chi connectivity index (χ0n) is 14.3. The van der Waals surface area contributed by atoms with Gasteiger partial charge in [0.25, 0.3) is 5.91 Å². The Labute approximate surface area is 150 Å². The molecule has 3 rings (SSSR count). The molecule has 1 aromatic heterocycles. The Bertz CT molecular complexity index is 783. The lowest BCUT2D eigenvalue weighted by Crippen LogP contribution is -2.32. The van der Waals surface area contributed by atoms with Crippen molar-refractivity contribution in [2.75, 3.05) is 18.4 Å². The smallest absolute Gasteiger partial charge is 0.320 e. The third-order valence-corrected chi connectivity index (χ3v) is 4.47. The highest BCUT2D eigenvalue weighted by Crippen LogP contribution is 2.25. The Hall–Kier alpha value is -2.71. The molecule has 1 unspecified atom stereocenters. The molecule has 138 valence electrons. The van der Waals surface area contributed by atoms with Gasteiger partial charge in [0.05, 0.1) is 5.69 Å². The Balaban J connectivity index is 1.64. The Kier molecular flexibility index (Phi) is 5.65. The normalized spacial score (nSPS) is 16.2. The molecule has 26 heavy (non-hydrogen) atoms. The summed E-state index contributed by atoms with van der Waals surface area (Å²) in [5, 5.41) is 19.0. The average Bonchev–Trinajstić information content (AvgIpc) is 3.13. The number of piperidine rings is 1. The molecular weight excluding hydrogens is 336 g/mol. The molecule has 2 aromatic rings. The van der Waals surface area contributed by atoms with E-state index in [1.165, 1.54) is 0 Å². The molecule has 0 aliphatic carbocycles. The minimum atomic E-state index is -1.06. The summed E-state index contributed by atoms with van der Waals surface area (Å²) in [6.45, 7) is 1.87. The molecule has 2 heterocycles. The minimum absolute atomic E-state index is 0.158. The fraction of sp³-hybridized carbons (Fsp3) is 0.389. The number of hydrogen-bond acceptors (Lipinski definition) is 6. The molecule has 1 aliphatic heterocycles. The summed E-state index contributed by atoms with van der Waals surface area (Å²) >= 11 is 0. The van der Waals surface area contributed by atoms with E-state index in [1.807, 2.05) is 0 Å². The van der Waals surface area contributed by atoms with Gasteiger partial charge < -0.3 is 26.0 Å². The minimum Gasteiger partial charge on any atom is -0.480 e. The number of nitrogens with two attached hydrogens (primary N) is 1. The molecular formula is C18H22N4O4. The van der Waals surface area contributed by atoms with Crippen molar-refractivity contribution in [3.8, 4) is 0 Å². The van der Waals surface area contributed by atoms with Gasteiger partial charge in [-0.3, -0.25) is 9.59 Å². The highest BCUT2D eigenvalue weighted by molar-refractivity contribution is 6.02. The molecule has 1 amide bonds. The van der Waals surface area contributed by atoms with Crippen LogP contribution >= 0.6 is 0 Å². The maximum Gasteiger partial charge on any atom is 0.320 e. The van der Waals surface area contributed by atoms with E-state index >= 15 is 0 Å². The van der Waals surface area contributed by atoms with E-state index in [-0.39, 0.29) is 12.2 Å². The number of hydrogen-bond donors (Lipinski definition) is 4. The van der Waals surface area contributed by atoms with E-state index in [1.54, 1.807) is 30.3 Å². The maximum atomic E-state index is 12.4. The van der Waals surface area contributed by atoms with Gasteiger partial charge in [-0.25, -0.2) is 0 Å². The van der Waals surface area contributed by atoms with Crippen LogP contribution in [-0.4, -0.2) is 41.3 Å². The monoisotopic (exact) mass is 358 g/mol. The molecule has 0 saturated carbocycles. The quantitative estimate of drug-likeness (QED) is 0.613. The molecule has 8 heteroatoms. The number of carboxylic acids is 1. The summed E-state index contributed by atoms with van der Waals surface area (Å²) in [5.74, 6) is -0.988. The summed E-state index contributed by atoms with van der Waals surface area (Å²) in [5.41, 5.74) is 7.63. The van der Waals surface area contributed by atoms with Gasteiger partial charge in [0, 0.05) is 17.7 Å². The van der Waals surface area contributed by atoms with E-state index in [2.05, 4.69) is 15.8 Å². The van der Waals surface area contributed by atoms with E-state index < -0.39 is 17.9 Å². The largest absolute Gasteiger partial charge is 0.480 e. The van der Waals surface area contributed by atoms with E-state index in [0.29, 0.717) is 11.6 Å². The van der Waals surface area contributed by atoms with Gasteiger partial charge in [-0.2, -0.15) is 0 Å². The second kappa shape index (κ2) is 8.11. The number of carbonyl (C=O) groups excluding carboxylic acids is 1. The number of amides is 1. The van der Waals surface area contributed by atoms with Crippen LogP contribution in [0.15, 0.2) is 34.9 Å². The molecule has 1 fully saturated rings. The van der Waals surface area contributed by atoms with Gasteiger partial charge >= 0.3 is 5.97 Å². The van der Waals surface area contributed by atoms with Crippen LogP contribution in [0.5, 0.6) is 0 Å². The van der Waals surface area contributed by atoms with Crippen molar-refractivity contribution in [3.63, 3.8) is 0 Å². The van der Waals surface area contributed by atoms with Crippen LogP contribution in [0.2, 0.25) is 0 Å². The van der Waals surface area contributed by atoms with E-state index in [4.69, 9.17) is 15.4 Å². The summed E-state index contributed by atoms with van der Waals surface area (Å²) in [6, 6.07) is 7.63. The first-order valence-corrected chi connectivity index (χ1v) is 8.59. The van der Waals surface area contributed by atoms with Crippen LogP contribution in [0.25, 0.3) is 0 Å². The van der Waals surface area contributed by atoms with Gasteiger partial charge in [-0.1, -0.05) is 17.3 Å². The number of anilines is 1. The number of carboxylic acid groups (broad SMARTS) is 1. The van der Waals surface area contributed by atoms with E-state index in [0.717, 1.165) is 37.2 Å². The zero-order valence-corrected chi connectivity index (χ0v) is 14.3. The Morgan fingerprint density at radius 3 is 2.85 bits per heavy atom. The summed E-state index contributed by atoms with van der Waals surface area (Å²) < 4.78 is 5.20. The van der Waals surface area contributed by atoms with Gasteiger partial charge in [0.1, 0.15) is 6.04 Å². The van der Waals surface area contributed by atoms with E-state index in [9.17, 15) is 9.59 Å². The lowest BCUT2D eigenvalue weighted by Gasteiger charge is -2.19. The Morgan fingerprint density at radius 1 is 1.35 bits per heavy atom. The van der Waals surface area contributed by atoms with Crippen molar-refractivity contribution < 1.29 is 19.2 Å². The van der Waals surface area contributed by atoms with Gasteiger partial charge in [0.2, 0.25) is 5.76 Å². The van der Waals surface area contributed by atoms with Crippen LogP contribution in [0.4, 0.5) is 5.69 Å². The maximum absolute atomic E-state index is 12.4. The highest BCUT2D eigenvalue weighted by atomic mass is 16.5. The third kappa shape index (κ3) is 4.47. The Morgan fingerprint density at radius 2 is 2.12 bits per heavy atom. The fourth-order valence-electron chi connectivity index (χ4n) is 3.02. The SMILES string of the molecule is NC(Cc1cccc(NC(=O)c2cc(C3CCNCC3)no2)c1)C(=O)O. The number of nitrogens with zero attached hydrogens (tertiary/aromatic N) is 1. The highest BCUT2D eigenvalue weighted by Gasteiger charge is 2.21. The zero-order chi connectivity index (χ0) is 18.5. The van der Waals surface area contributed by atoms with Crippen LogP contribution in [0.3, 0.4) is 0 Å². The molecule has 1 aliphatic rings. The molecule has 1 aromatic carbocycles. The number of nitrogens with one attached hydrogen (secondary N) is 2. The molecule has 0 spiro atoms. The molecule has 1 saturated heterocycles. The number of rotatable bonds is 6. The predicted octanol–water partition coefficient (Wildman–Crippen LogP) is 1.35. The molecule has 5 N–H and O–H groups in total. The van der Waals surface area contributed by atoms with Crippen molar-refractivity contribution in [2.24, 2.45) is 5.73 Å². The molecule has 8 nitrogen and oxygen atoms in total. The van der Waals surface area contributed by atoms with Crippen molar-refractivity contribution in [1.29, 1.82) is 0 Å². The van der Waals surface area contributed by atoms with Gasteiger partial charge in [-0.05, 0) is 50.0 Å². The third-order valence-electron chi connectivity index (χ3n) is 4.47. The number of carbonyl (C=O) groups is 2. The van der Waals surface area contributed by atoms with Crippen LogP contribution in [-0.2, 0) is 11.2 Å². The molecule has 1 atom stereocenters. The van der Waals surface area contributed by atoms with Crippen LogP contribution in [0, 0.1) is 0 Å². The van der Waals surface area contributed by atoms with Crippen LogP contribution in [0.1, 0.15) is 40.6 Å². The second-order valence-electron chi connectivity index (χ2n) is 6.44. The van der Waals surface area contributed by atoms with Crippen molar-refractivity contribution in [1.82, 2.24) is 10.5 Å². The van der Waals surface area contributed by atoms with Crippen molar-refractivity contribution in [2.45, 2.75) is 31.2 Å². The lowest BCUT2D eigenvalue weighted by atomic mass is 9.94. The number of aliphatic carboxylic acids is 1. The summed E-state index contributed by atoms with van der Waals surface area (Å²) in [4.78, 5) is 23.2. The topological polar surface area (TPSA) is 130 Å². The average molecular weight is 358 g/mol. The van der Waals surface area contributed by atoms with Crippen molar-refractivity contribution >= 4 is 17.6 Å². The molecule has 0 bridgehead atoms. The summed E-state index contributed by atoms with van der Waals surface area (Å²) in [6.07, 6.45) is 2.13. The van der Waals surface area contributed by atoms with Gasteiger partial charge in [-0.15, -0.1) is 0 Å². The van der Waals surface area contributed by atoms with Gasteiger partial charge in [0.15, 0.2) is 0 Å². The fourth-order valence-corrected chi connectivity index (χ4v) is 3.02. The van der Waals surface area contributed by atoms with Crippen molar-refractivity contribution in [3.05, 3.63) is 47.3 Å². The molecule has 0 radical (unpaired) electrons. The standard InChI is InChI=1S/C18H22N4O4/c19-14(18(24)25)9-11-2-1-3-13(8-11)21-17(23)16-10-15(22-26-16)12-4-6-20-7-5-12/h1-3,8,10,12,14,20H,4-7,9,19H2,(H,21,23)(H,24,25). The predicted molar refractivity (Wildman–Crippen MR) is 95.1 cm³/mol. The lowest BCUT2D eigenvalue weighted by molar-refractivity contribution is -0.138. The van der Waals surface area contributed by atoms with Crippen LogP contribution < -0.4 is 16.4 Å². The number of benzene rings is 1. The first-order valence-electron chi connectivity index (χ1n) is 8.59. The number of aromatic nitrogens is 1.